The number of nitrogens with one attached hydrogen (secondary N) is 1. The fraction of sp³-hybridized carbons (Fsp3) is 0.500. The molecule has 7 heteroatoms. The summed E-state index contributed by atoms with van der Waals surface area (Å²) in [4.78, 5) is 0. The van der Waals surface area contributed by atoms with Crippen LogP contribution < -0.4 is 4.72 Å². The number of hydrogen-bond acceptors (Lipinski definition) is 5. The molecule has 3 N–H and O–H groups in total. The van der Waals surface area contributed by atoms with Crippen molar-refractivity contribution in [3.05, 3.63) is 23.8 Å². The van der Waals surface area contributed by atoms with Crippen LogP contribution in [0.2, 0.25) is 0 Å². The normalized spacial score (nSPS) is 17.5. The van der Waals surface area contributed by atoms with Crippen molar-refractivity contribution in [1.82, 2.24) is 4.72 Å². The van der Waals surface area contributed by atoms with Crippen LogP contribution in [0, 0.1) is 16.7 Å². The lowest BCUT2D eigenvalue weighted by Gasteiger charge is -2.20. The summed E-state index contributed by atoms with van der Waals surface area (Å²) >= 11 is 0. The maximum Gasteiger partial charge on any atom is 0.213 e. The molecule has 0 aromatic heterocycles. The molecule has 1 aromatic rings. The van der Waals surface area contributed by atoms with Gasteiger partial charge in [0, 0.05) is 12.1 Å². The second-order valence-corrected chi connectivity index (χ2v) is 7.30. The number of benzene rings is 1. The largest absolute Gasteiger partial charge is 0.508 e. The molecule has 0 saturated heterocycles. The summed E-state index contributed by atoms with van der Waals surface area (Å²) in [6.07, 6.45) is 2.94. The number of hydrogen-bond donors (Lipinski definition) is 3. The van der Waals surface area contributed by atoms with Crippen LogP contribution in [0.1, 0.15) is 31.2 Å². The first kappa shape index (κ1) is 15.6. The molecule has 0 radical (unpaired) electrons. The first-order valence-electron chi connectivity index (χ1n) is 6.75. The maximum absolute atomic E-state index is 12.1. The average molecular weight is 310 g/mol. The number of nitrogens with zero attached hydrogens (tertiary/aromatic N) is 1. The van der Waals surface area contributed by atoms with Gasteiger partial charge >= 0.3 is 0 Å². The van der Waals surface area contributed by atoms with E-state index in [2.05, 4.69) is 10.8 Å². The third-order valence-electron chi connectivity index (χ3n) is 3.81. The number of phenolic OH excluding ortho intramolecular Hbond substituents is 2. The molecule has 0 unspecified atom stereocenters. The highest BCUT2D eigenvalue weighted by atomic mass is 32.2. The molecular formula is C14H18N2O4S. The highest BCUT2D eigenvalue weighted by Gasteiger charge is 2.38. The van der Waals surface area contributed by atoms with Gasteiger partial charge in [-0.25, -0.2) is 13.1 Å². The van der Waals surface area contributed by atoms with Crippen LogP contribution in [0.5, 0.6) is 11.5 Å². The minimum atomic E-state index is -3.63. The van der Waals surface area contributed by atoms with Crippen LogP contribution in [-0.2, 0) is 16.6 Å². The number of phenols is 2. The second kappa shape index (κ2) is 5.92. The summed E-state index contributed by atoms with van der Waals surface area (Å²) in [5.74, 6) is -0.367. The van der Waals surface area contributed by atoms with Crippen molar-refractivity contribution in [3.8, 4) is 17.6 Å². The minimum absolute atomic E-state index is 0.0497. The molecule has 21 heavy (non-hydrogen) atoms. The van der Waals surface area contributed by atoms with Crippen LogP contribution in [0.25, 0.3) is 0 Å². The first-order chi connectivity index (χ1) is 9.86. The van der Waals surface area contributed by atoms with Gasteiger partial charge in [0.05, 0.1) is 17.2 Å². The fourth-order valence-corrected chi connectivity index (χ4v) is 4.21. The summed E-state index contributed by atoms with van der Waals surface area (Å²) < 4.78 is 26.6. The van der Waals surface area contributed by atoms with Gasteiger partial charge in [0.25, 0.3) is 0 Å². The molecule has 0 aliphatic heterocycles. The van der Waals surface area contributed by atoms with Crippen LogP contribution in [0.15, 0.2) is 18.2 Å². The minimum Gasteiger partial charge on any atom is -0.508 e. The van der Waals surface area contributed by atoms with E-state index >= 15 is 0 Å². The third-order valence-corrected chi connectivity index (χ3v) is 5.33. The molecule has 0 atom stereocenters. The van der Waals surface area contributed by atoms with Crippen molar-refractivity contribution >= 4 is 10.0 Å². The second-order valence-electron chi connectivity index (χ2n) is 5.49. The highest BCUT2D eigenvalue weighted by molar-refractivity contribution is 7.89. The monoisotopic (exact) mass is 310 g/mol. The summed E-state index contributed by atoms with van der Waals surface area (Å²) in [6, 6.07) is 6.06. The van der Waals surface area contributed by atoms with Crippen LogP contribution in [-0.4, -0.2) is 24.4 Å². The van der Waals surface area contributed by atoms with E-state index in [-0.39, 0.29) is 29.4 Å². The van der Waals surface area contributed by atoms with Crippen LogP contribution >= 0.6 is 0 Å². The van der Waals surface area contributed by atoms with E-state index in [1.165, 1.54) is 18.2 Å². The highest BCUT2D eigenvalue weighted by Crippen LogP contribution is 2.38. The Hall–Kier alpha value is -1.78. The van der Waals surface area contributed by atoms with Crippen LogP contribution in [0.4, 0.5) is 0 Å². The molecule has 0 spiro atoms. The zero-order valence-corrected chi connectivity index (χ0v) is 12.4. The molecule has 1 aromatic carbocycles. The smallest absolute Gasteiger partial charge is 0.213 e. The molecular weight excluding hydrogens is 292 g/mol. The Kier molecular flexibility index (Phi) is 4.40. The molecule has 1 aliphatic carbocycles. The zero-order chi connectivity index (χ0) is 15.5. The first-order valence-corrected chi connectivity index (χ1v) is 8.41. The van der Waals surface area contributed by atoms with E-state index in [1.54, 1.807) is 0 Å². The Morgan fingerprint density at radius 1 is 1.29 bits per heavy atom. The number of rotatable bonds is 5. The van der Waals surface area contributed by atoms with Crippen molar-refractivity contribution < 1.29 is 18.6 Å². The number of sulfonamides is 1. The summed E-state index contributed by atoms with van der Waals surface area (Å²) in [6.45, 7) is -0.121. The summed E-state index contributed by atoms with van der Waals surface area (Å²) in [7, 11) is -3.63. The van der Waals surface area contributed by atoms with Crippen molar-refractivity contribution in [2.45, 2.75) is 32.2 Å². The van der Waals surface area contributed by atoms with E-state index in [9.17, 15) is 23.9 Å². The van der Waals surface area contributed by atoms with Gasteiger partial charge in [-0.2, -0.15) is 5.26 Å². The van der Waals surface area contributed by atoms with Gasteiger partial charge in [0.15, 0.2) is 0 Å². The van der Waals surface area contributed by atoms with Gasteiger partial charge < -0.3 is 10.2 Å². The van der Waals surface area contributed by atoms with E-state index in [0.717, 1.165) is 12.8 Å². The SMILES string of the molecule is N#CC1(CS(=O)(=O)NCc2cc(O)ccc2O)CCCC1. The van der Waals surface area contributed by atoms with Gasteiger partial charge in [-0.1, -0.05) is 12.8 Å². The molecule has 0 bridgehead atoms. The van der Waals surface area contributed by atoms with Gasteiger partial charge in [-0.3, -0.25) is 0 Å². The molecule has 1 aliphatic rings. The average Bonchev–Trinajstić information content (AvgIpc) is 2.88. The summed E-state index contributed by atoms with van der Waals surface area (Å²) in [5.41, 5.74) is -0.511. The van der Waals surface area contributed by atoms with E-state index in [0.29, 0.717) is 12.8 Å². The van der Waals surface area contributed by atoms with Crippen LogP contribution in [0.3, 0.4) is 0 Å². The van der Waals surface area contributed by atoms with Crippen molar-refractivity contribution in [3.63, 3.8) is 0 Å². The quantitative estimate of drug-likeness (QED) is 0.715. The van der Waals surface area contributed by atoms with Crippen molar-refractivity contribution in [2.75, 3.05) is 5.75 Å². The Morgan fingerprint density at radius 3 is 2.57 bits per heavy atom. The van der Waals surface area contributed by atoms with Gasteiger partial charge in [0.2, 0.25) is 10.0 Å². The van der Waals surface area contributed by atoms with Gasteiger partial charge in [0.1, 0.15) is 11.5 Å². The predicted molar refractivity (Wildman–Crippen MR) is 76.9 cm³/mol. The lowest BCUT2D eigenvalue weighted by atomic mass is 9.91. The van der Waals surface area contributed by atoms with E-state index in [1.807, 2.05) is 0 Å². The standard InChI is InChI=1S/C14H18N2O4S/c15-9-14(5-1-2-6-14)10-21(19,20)16-8-11-7-12(17)3-4-13(11)18/h3-4,7,16-18H,1-2,5-6,8,10H2. The number of aromatic hydroxyl groups is 2. The predicted octanol–water partition coefficient (Wildman–Crippen LogP) is 1.60. The lowest BCUT2D eigenvalue weighted by molar-refractivity contribution is 0.447. The third kappa shape index (κ3) is 3.86. The maximum atomic E-state index is 12.1. The Labute approximate surface area is 124 Å². The number of nitriles is 1. The Morgan fingerprint density at radius 2 is 1.95 bits per heavy atom. The molecule has 0 amide bonds. The Bertz CT molecular complexity index is 658. The van der Waals surface area contributed by atoms with Crippen molar-refractivity contribution in [1.29, 1.82) is 5.26 Å². The zero-order valence-electron chi connectivity index (χ0n) is 11.5. The summed E-state index contributed by atoms with van der Waals surface area (Å²) in [5, 5.41) is 28.2. The molecule has 2 rings (SSSR count). The molecule has 114 valence electrons. The lowest BCUT2D eigenvalue weighted by Crippen LogP contribution is -2.34. The molecule has 1 fully saturated rings. The van der Waals surface area contributed by atoms with Gasteiger partial charge in [-0.05, 0) is 31.0 Å². The topological polar surface area (TPSA) is 110 Å². The molecule has 1 saturated carbocycles. The molecule has 6 nitrogen and oxygen atoms in total. The van der Waals surface area contributed by atoms with Gasteiger partial charge in [-0.15, -0.1) is 0 Å². The van der Waals surface area contributed by atoms with Crippen molar-refractivity contribution in [2.24, 2.45) is 5.41 Å². The van der Waals surface area contributed by atoms with E-state index in [4.69, 9.17) is 0 Å². The Balaban J connectivity index is 2.05. The fourth-order valence-electron chi connectivity index (χ4n) is 2.66. The van der Waals surface area contributed by atoms with E-state index < -0.39 is 15.4 Å². The molecule has 0 heterocycles.